The summed E-state index contributed by atoms with van der Waals surface area (Å²) < 4.78 is 5.77. The highest BCUT2D eigenvalue weighted by atomic mass is 35.5. The molecule has 0 radical (unpaired) electrons. The molecule has 0 bridgehead atoms. The van der Waals surface area contributed by atoms with E-state index in [0.29, 0.717) is 12.3 Å². The quantitative estimate of drug-likeness (QED) is 0.525. The van der Waals surface area contributed by atoms with Crippen molar-refractivity contribution in [1.29, 1.82) is 0 Å². The number of H-pyrrole nitrogens is 1. The second kappa shape index (κ2) is 8.12. The number of nitrogens with zero attached hydrogens (tertiary/aromatic N) is 2. The maximum atomic E-state index is 11.4. The van der Waals surface area contributed by atoms with E-state index in [4.69, 9.17) is 16.3 Å². The average Bonchev–Trinajstić information content (AvgIpc) is 2.65. The predicted molar refractivity (Wildman–Crippen MR) is 98.3 cm³/mol. The average molecular weight is 355 g/mol. The van der Waals surface area contributed by atoms with Gasteiger partial charge in [0.25, 0.3) is 5.56 Å². The van der Waals surface area contributed by atoms with E-state index in [1.165, 1.54) is 6.20 Å². The van der Waals surface area contributed by atoms with Crippen LogP contribution >= 0.6 is 11.6 Å². The Morgan fingerprint density at radius 3 is 2.76 bits per heavy atom. The molecule has 0 aliphatic heterocycles. The Bertz CT molecular complexity index is 926. The number of nitrogens with one attached hydrogen (secondary N) is 2. The van der Waals surface area contributed by atoms with E-state index in [9.17, 15) is 4.79 Å². The van der Waals surface area contributed by atoms with Crippen molar-refractivity contribution in [2.75, 3.05) is 5.43 Å². The molecule has 1 heterocycles. The number of aromatic nitrogens is 2. The zero-order valence-corrected chi connectivity index (χ0v) is 13.9. The molecule has 0 saturated heterocycles. The molecule has 3 rings (SSSR count). The Kier molecular flexibility index (Phi) is 5.43. The fraction of sp³-hybridized carbons (Fsp3) is 0.0556. The third kappa shape index (κ3) is 4.45. The largest absolute Gasteiger partial charge is 0.489 e. The van der Waals surface area contributed by atoms with Gasteiger partial charge in [0, 0.05) is 5.56 Å². The Hall–Kier alpha value is -3.12. The van der Waals surface area contributed by atoms with Crippen LogP contribution < -0.4 is 15.7 Å². The summed E-state index contributed by atoms with van der Waals surface area (Å²) in [5, 5.41) is 10.0. The maximum Gasteiger partial charge on any atom is 0.285 e. The van der Waals surface area contributed by atoms with Crippen molar-refractivity contribution in [2.24, 2.45) is 5.10 Å². The maximum absolute atomic E-state index is 11.4. The molecule has 2 N–H and O–H groups in total. The number of para-hydroxylation sites is 1. The van der Waals surface area contributed by atoms with Gasteiger partial charge < -0.3 is 4.74 Å². The van der Waals surface area contributed by atoms with Crippen LogP contribution in [-0.2, 0) is 6.61 Å². The van der Waals surface area contributed by atoms with Crippen molar-refractivity contribution in [3.05, 3.63) is 87.3 Å². The minimum absolute atomic E-state index is 0.00726. The number of rotatable bonds is 6. The normalized spacial score (nSPS) is 10.8. The van der Waals surface area contributed by atoms with E-state index >= 15 is 0 Å². The van der Waals surface area contributed by atoms with Gasteiger partial charge in [0.05, 0.1) is 12.4 Å². The first-order chi connectivity index (χ1) is 12.2. The third-order valence-electron chi connectivity index (χ3n) is 3.38. The van der Waals surface area contributed by atoms with Crippen LogP contribution in [0.3, 0.4) is 0 Å². The molecule has 1 aromatic heterocycles. The standard InChI is InChI=1S/C18H15ClN4O2/c19-17-16(11-21-23-18(17)24)22-20-10-13-6-4-5-7-14(13)12-25-15-8-2-1-3-9-15/h1-11H,12H2,(H2,22,23,24)/b20-10-. The van der Waals surface area contributed by atoms with Crippen molar-refractivity contribution in [3.8, 4) is 5.75 Å². The van der Waals surface area contributed by atoms with E-state index in [1.807, 2.05) is 54.6 Å². The van der Waals surface area contributed by atoms with Gasteiger partial charge in [-0.15, -0.1) is 0 Å². The second-order valence-electron chi connectivity index (χ2n) is 5.10. The van der Waals surface area contributed by atoms with Gasteiger partial charge in [-0.05, 0) is 17.7 Å². The minimum atomic E-state index is -0.474. The highest BCUT2D eigenvalue weighted by Crippen LogP contribution is 2.15. The summed E-state index contributed by atoms with van der Waals surface area (Å²) in [6, 6.07) is 17.3. The highest BCUT2D eigenvalue weighted by molar-refractivity contribution is 6.32. The zero-order valence-electron chi connectivity index (χ0n) is 13.1. The molecule has 0 unspecified atom stereocenters. The summed E-state index contributed by atoms with van der Waals surface area (Å²) in [6.45, 7) is 0.416. The summed E-state index contributed by atoms with van der Waals surface area (Å²) in [4.78, 5) is 11.4. The van der Waals surface area contributed by atoms with Crippen LogP contribution in [-0.4, -0.2) is 16.4 Å². The Balaban J connectivity index is 1.70. The number of ether oxygens (including phenoxy) is 1. The molecular formula is C18H15ClN4O2. The van der Waals surface area contributed by atoms with Crippen molar-refractivity contribution in [3.63, 3.8) is 0 Å². The molecule has 6 nitrogen and oxygen atoms in total. The fourth-order valence-corrected chi connectivity index (χ4v) is 2.24. The summed E-state index contributed by atoms with van der Waals surface area (Å²) in [7, 11) is 0. The van der Waals surface area contributed by atoms with E-state index in [2.05, 4.69) is 20.7 Å². The van der Waals surface area contributed by atoms with Crippen LogP contribution in [0.4, 0.5) is 5.69 Å². The van der Waals surface area contributed by atoms with Crippen molar-refractivity contribution < 1.29 is 4.74 Å². The molecule has 0 aliphatic carbocycles. The van der Waals surface area contributed by atoms with Crippen LogP contribution in [0.15, 0.2) is 70.7 Å². The van der Waals surface area contributed by atoms with Gasteiger partial charge in [0.15, 0.2) is 0 Å². The molecule has 0 atom stereocenters. The summed E-state index contributed by atoms with van der Waals surface area (Å²) in [6.07, 6.45) is 3.03. The Morgan fingerprint density at radius 2 is 1.92 bits per heavy atom. The first-order valence-corrected chi connectivity index (χ1v) is 7.90. The second-order valence-corrected chi connectivity index (χ2v) is 5.48. The lowest BCUT2D eigenvalue weighted by molar-refractivity contribution is 0.306. The Labute approximate surface area is 149 Å². The van der Waals surface area contributed by atoms with Crippen LogP contribution in [0.1, 0.15) is 11.1 Å². The first-order valence-electron chi connectivity index (χ1n) is 7.52. The third-order valence-corrected chi connectivity index (χ3v) is 3.75. The SMILES string of the molecule is O=c1[nH]ncc(N/N=C\c2ccccc2COc2ccccc2)c1Cl. The molecule has 7 heteroatoms. The van der Waals surface area contributed by atoms with Gasteiger partial charge in [0.1, 0.15) is 23.1 Å². The molecule has 126 valence electrons. The molecule has 0 amide bonds. The molecule has 0 saturated carbocycles. The fourth-order valence-electron chi connectivity index (χ4n) is 2.10. The number of aromatic amines is 1. The monoisotopic (exact) mass is 354 g/mol. The van der Waals surface area contributed by atoms with Gasteiger partial charge in [-0.1, -0.05) is 54.1 Å². The number of hydrogen-bond acceptors (Lipinski definition) is 5. The predicted octanol–water partition coefficient (Wildman–Crippen LogP) is 3.45. The molecule has 25 heavy (non-hydrogen) atoms. The first kappa shape index (κ1) is 16.7. The van der Waals surface area contributed by atoms with Crippen LogP contribution in [0.25, 0.3) is 0 Å². The smallest absolute Gasteiger partial charge is 0.285 e. The number of halogens is 1. The molecule has 2 aromatic carbocycles. The summed E-state index contributed by atoms with van der Waals surface area (Å²) >= 11 is 5.88. The van der Waals surface area contributed by atoms with E-state index in [0.717, 1.165) is 16.9 Å². The van der Waals surface area contributed by atoms with E-state index in [1.54, 1.807) is 6.21 Å². The summed E-state index contributed by atoms with van der Waals surface area (Å²) in [5.74, 6) is 0.800. The minimum Gasteiger partial charge on any atom is -0.489 e. The molecular weight excluding hydrogens is 340 g/mol. The van der Waals surface area contributed by atoms with Gasteiger partial charge in [-0.25, -0.2) is 5.10 Å². The number of benzene rings is 2. The molecule has 3 aromatic rings. The van der Waals surface area contributed by atoms with E-state index in [-0.39, 0.29) is 5.02 Å². The van der Waals surface area contributed by atoms with Gasteiger partial charge in [-0.2, -0.15) is 10.2 Å². The topological polar surface area (TPSA) is 79.4 Å². The van der Waals surface area contributed by atoms with Crippen LogP contribution in [0, 0.1) is 0 Å². The lowest BCUT2D eigenvalue weighted by Crippen LogP contribution is -2.10. The van der Waals surface area contributed by atoms with Crippen molar-refractivity contribution in [1.82, 2.24) is 10.2 Å². The van der Waals surface area contributed by atoms with Crippen molar-refractivity contribution in [2.45, 2.75) is 6.61 Å². The van der Waals surface area contributed by atoms with E-state index < -0.39 is 5.56 Å². The lowest BCUT2D eigenvalue weighted by atomic mass is 10.1. The van der Waals surface area contributed by atoms with Crippen LogP contribution in [0.5, 0.6) is 5.75 Å². The number of hydrogen-bond donors (Lipinski definition) is 2. The van der Waals surface area contributed by atoms with Gasteiger partial charge >= 0.3 is 0 Å². The molecule has 0 spiro atoms. The zero-order chi connectivity index (χ0) is 17.5. The van der Waals surface area contributed by atoms with Crippen LogP contribution in [0.2, 0.25) is 5.02 Å². The number of hydrazone groups is 1. The molecule has 0 fully saturated rings. The number of anilines is 1. The van der Waals surface area contributed by atoms with Gasteiger partial charge in [0.2, 0.25) is 0 Å². The summed E-state index contributed by atoms with van der Waals surface area (Å²) in [5.41, 5.74) is 4.44. The lowest BCUT2D eigenvalue weighted by Gasteiger charge is -2.08. The highest BCUT2D eigenvalue weighted by Gasteiger charge is 2.04. The van der Waals surface area contributed by atoms with Gasteiger partial charge in [-0.3, -0.25) is 10.2 Å². The Morgan fingerprint density at radius 1 is 1.16 bits per heavy atom. The van der Waals surface area contributed by atoms with Crippen molar-refractivity contribution >= 4 is 23.5 Å². The molecule has 0 aliphatic rings.